The number of amides is 1. The molecule has 2 saturated heterocycles. The molecular formula is C43H51F2N3O5Si. The van der Waals surface area contributed by atoms with Crippen molar-refractivity contribution in [2.24, 2.45) is 0 Å². The summed E-state index contributed by atoms with van der Waals surface area (Å²) in [5.74, 6) is 3.89. The van der Waals surface area contributed by atoms with E-state index in [1.54, 1.807) is 23.1 Å². The Bertz CT molecular complexity index is 2210. The zero-order valence-electron chi connectivity index (χ0n) is 32.9. The maximum Gasteiger partial charge on any atom is 0.407 e. The first-order valence-electron chi connectivity index (χ1n) is 19.1. The molecule has 0 saturated carbocycles. The number of fused-ring (bicyclic) bond motifs is 6. The van der Waals surface area contributed by atoms with Gasteiger partial charge in [0.1, 0.15) is 43.1 Å². The van der Waals surface area contributed by atoms with Crippen LogP contribution in [-0.4, -0.2) is 73.8 Å². The number of aryl methyl sites for hydroxylation is 2. The average Bonchev–Trinajstić information content (AvgIpc) is 3.37. The van der Waals surface area contributed by atoms with Gasteiger partial charge < -0.3 is 24.2 Å². The Morgan fingerprint density at radius 3 is 2.37 bits per heavy atom. The predicted molar refractivity (Wildman–Crippen MR) is 212 cm³/mol. The number of methoxy groups -OCH3 is 1. The monoisotopic (exact) mass is 755 g/mol. The minimum atomic E-state index is -2.28. The van der Waals surface area contributed by atoms with Crippen LogP contribution in [-0.2, 0) is 4.74 Å². The lowest BCUT2D eigenvalue weighted by molar-refractivity contribution is 0.0512. The van der Waals surface area contributed by atoms with Gasteiger partial charge in [0.2, 0.25) is 0 Å². The molecule has 8 nitrogen and oxygen atoms in total. The summed E-state index contributed by atoms with van der Waals surface area (Å²) in [4.78, 5) is 21.2. The molecule has 54 heavy (non-hydrogen) atoms. The van der Waals surface area contributed by atoms with Crippen molar-refractivity contribution in [2.45, 2.75) is 116 Å². The molecule has 4 heterocycles. The number of pyridine rings is 1. The van der Waals surface area contributed by atoms with Crippen molar-refractivity contribution in [2.75, 3.05) is 25.3 Å². The highest BCUT2D eigenvalue weighted by Gasteiger charge is 2.53. The van der Waals surface area contributed by atoms with E-state index in [-0.39, 0.29) is 36.0 Å². The standard InChI is InChI=1S/C43H51F2N3O5Si/c1-22(2)54(23(3)4,24(5)6)16-15-31-34(44)13-11-28-17-30(52-21-51-10)18-32(38(28)31)33-19-36-39-37(40(33)45)25(7)26(8)46-42(39)47-20-29-12-14-35(48(29)43(49)50)41(47)27(9)53-36/h11,13,17-19,22-24,27,29,35,41H,12,14,20-21H2,1-10H3,(H,49,50). The van der Waals surface area contributed by atoms with Gasteiger partial charge in [-0.3, -0.25) is 4.90 Å². The molecular weight excluding hydrogens is 705 g/mol. The van der Waals surface area contributed by atoms with Gasteiger partial charge in [0.15, 0.2) is 6.79 Å². The van der Waals surface area contributed by atoms with E-state index < -0.39 is 31.9 Å². The molecule has 3 aliphatic rings. The molecule has 2 fully saturated rings. The van der Waals surface area contributed by atoms with Crippen LogP contribution in [0.4, 0.5) is 19.4 Å². The molecule has 0 spiro atoms. The number of carboxylic acid groups (broad SMARTS) is 1. The van der Waals surface area contributed by atoms with Crippen molar-refractivity contribution in [1.29, 1.82) is 0 Å². The molecule has 2 bridgehead atoms. The maximum atomic E-state index is 17.8. The molecule has 7 rings (SSSR count). The van der Waals surface area contributed by atoms with E-state index in [1.165, 1.54) is 13.2 Å². The largest absolute Gasteiger partial charge is 0.488 e. The van der Waals surface area contributed by atoms with Gasteiger partial charge in [0.25, 0.3) is 0 Å². The summed E-state index contributed by atoms with van der Waals surface area (Å²) in [7, 11) is -0.753. The van der Waals surface area contributed by atoms with Crippen LogP contribution in [0.1, 0.15) is 78.1 Å². The number of hydrogen-bond acceptors (Lipinski definition) is 6. The summed E-state index contributed by atoms with van der Waals surface area (Å²) < 4.78 is 52.0. The molecule has 4 aromatic rings. The number of anilines is 1. The SMILES string of the molecule is COCOc1cc(-c2cc3c4c(nc(C)c(C)c4c2F)N2CC4CCC(C2C(C)O3)N4C(=O)O)c2c(C#C[Si](C(C)C)(C(C)C)C(C)C)c(F)ccc2c1. The van der Waals surface area contributed by atoms with Crippen LogP contribution in [0, 0.1) is 36.9 Å². The smallest absolute Gasteiger partial charge is 0.407 e. The van der Waals surface area contributed by atoms with Crippen LogP contribution < -0.4 is 14.4 Å². The van der Waals surface area contributed by atoms with Crippen LogP contribution in [0.2, 0.25) is 16.6 Å². The highest BCUT2D eigenvalue weighted by atomic mass is 28.3. The van der Waals surface area contributed by atoms with Crippen molar-refractivity contribution < 1.29 is 32.9 Å². The first-order chi connectivity index (χ1) is 25.6. The molecule has 1 N–H and O–H groups in total. The number of benzene rings is 3. The third kappa shape index (κ3) is 5.79. The number of rotatable bonds is 7. The molecule has 1 aromatic heterocycles. The van der Waals surface area contributed by atoms with Gasteiger partial charge in [-0.2, -0.15) is 0 Å². The summed E-state index contributed by atoms with van der Waals surface area (Å²) in [6.45, 7) is 19.4. The van der Waals surface area contributed by atoms with E-state index >= 15 is 8.78 Å². The third-order valence-corrected chi connectivity index (χ3v) is 18.9. The highest BCUT2D eigenvalue weighted by molar-refractivity contribution is 6.90. The summed E-state index contributed by atoms with van der Waals surface area (Å²) >= 11 is 0. The van der Waals surface area contributed by atoms with E-state index in [0.29, 0.717) is 85.3 Å². The molecule has 3 aromatic carbocycles. The van der Waals surface area contributed by atoms with Crippen LogP contribution in [0.5, 0.6) is 11.5 Å². The fraction of sp³-hybridized carbons (Fsp3) is 0.488. The zero-order chi connectivity index (χ0) is 39.0. The van der Waals surface area contributed by atoms with Crippen molar-refractivity contribution in [3.05, 3.63) is 58.8 Å². The summed E-state index contributed by atoms with van der Waals surface area (Å²) in [5, 5.41) is 12.3. The van der Waals surface area contributed by atoms with Gasteiger partial charge in [0, 0.05) is 35.7 Å². The van der Waals surface area contributed by atoms with Crippen LogP contribution in [0.15, 0.2) is 30.3 Å². The molecule has 0 radical (unpaired) electrons. The highest BCUT2D eigenvalue weighted by Crippen LogP contribution is 2.50. The second-order valence-electron chi connectivity index (χ2n) is 16.3. The normalized spacial score (nSPS) is 20.7. The molecule has 0 aliphatic carbocycles. The Kier molecular flexibility index (Phi) is 9.84. The Morgan fingerprint density at radius 1 is 1.02 bits per heavy atom. The molecule has 1 amide bonds. The number of aromatic nitrogens is 1. The topological polar surface area (TPSA) is 84.4 Å². The summed E-state index contributed by atoms with van der Waals surface area (Å²) in [6, 6.07) is 7.53. The number of ether oxygens (including phenoxy) is 3. The van der Waals surface area contributed by atoms with E-state index in [9.17, 15) is 9.90 Å². The van der Waals surface area contributed by atoms with Crippen LogP contribution >= 0.6 is 0 Å². The van der Waals surface area contributed by atoms with Gasteiger partial charge in [-0.15, -0.1) is 5.54 Å². The number of hydrogen-bond donors (Lipinski definition) is 1. The van der Waals surface area contributed by atoms with Crippen molar-refractivity contribution in [3.8, 4) is 34.1 Å². The molecule has 3 aliphatic heterocycles. The first kappa shape index (κ1) is 37.9. The summed E-state index contributed by atoms with van der Waals surface area (Å²) in [6.07, 6.45) is 0.0581. The van der Waals surface area contributed by atoms with Gasteiger partial charge in [-0.25, -0.2) is 18.6 Å². The Balaban J connectivity index is 1.53. The van der Waals surface area contributed by atoms with Gasteiger partial charge in [0.05, 0.1) is 29.1 Å². The molecule has 286 valence electrons. The lowest BCUT2D eigenvalue weighted by atomic mass is 9.91. The second-order valence-corrected chi connectivity index (χ2v) is 21.9. The van der Waals surface area contributed by atoms with Gasteiger partial charge in [-0.05, 0) is 91.0 Å². The Hall–Kier alpha value is -4.40. The fourth-order valence-electron chi connectivity index (χ4n) is 10.1. The zero-order valence-corrected chi connectivity index (χ0v) is 33.9. The number of halogens is 2. The average molecular weight is 756 g/mol. The lowest BCUT2D eigenvalue weighted by Crippen LogP contribution is -2.64. The van der Waals surface area contributed by atoms with Gasteiger partial charge >= 0.3 is 6.09 Å². The minimum Gasteiger partial charge on any atom is -0.488 e. The maximum absolute atomic E-state index is 17.8. The Morgan fingerprint density at radius 2 is 1.72 bits per heavy atom. The van der Waals surface area contributed by atoms with E-state index in [2.05, 4.69) is 57.9 Å². The third-order valence-electron chi connectivity index (χ3n) is 12.6. The van der Waals surface area contributed by atoms with Gasteiger partial charge in [-0.1, -0.05) is 53.5 Å². The number of piperazine rings is 1. The predicted octanol–water partition coefficient (Wildman–Crippen LogP) is 9.98. The van der Waals surface area contributed by atoms with E-state index in [0.717, 1.165) is 6.42 Å². The molecule has 4 unspecified atom stereocenters. The van der Waals surface area contributed by atoms with E-state index in [4.69, 9.17) is 19.2 Å². The van der Waals surface area contributed by atoms with Crippen molar-refractivity contribution in [1.82, 2.24) is 9.88 Å². The van der Waals surface area contributed by atoms with Crippen molar-refractivity contribution in [3.63, 3.8) is 0 Å². The molecule has 4 atom stereocenters. The fourth-order valence-corrected chi connectivity index (χ4v) is 15.3. The lowest BCUT2D eigenvalue weighted by Gasteiger charge is -2.47. The van der Waals surface area contributed by atoms with Crippen LogP contribution in [0.25, 0.3) is 32.7 Å². The Labute approximate surface area is 317 Å². The van der Waals surface area contributed by atoms with Crippen LogP contribution in [0.3, 0.4) is 0 Å². The quantitative estimate of drug-likeness (QED) is 0.114. The molecule has 11 heteroatoms. The number of nitrogens with zero attached hydrogens (tertiary/aromatic N) is 3. The number of carbonyl (C=O) groups is 1. The minimum absolute atomic E-state index is 0.0315. The second kappa shape index (κ2) is 14.0. The first-order valence-corrected chi connectivity index (χ1v) is 21.3. The summed E-state index contributed by atoms with van der Waals surface area (Å²) in [5.41, 5.74) is 6.89. The van der Waals surface area contributed by atoms with E-state index in [1.807, 2.05) is 26.8 Å². The van der Waals surface area contributed by atoms with Crippen molar-refractivity contribution >= 4 is 41.5 Å².